The molecule has 0 bridgehead atoms. The average molecular weight is 205 g/mol. The van der Waals surface area contributed by atoms with Gasteiger partial charge in [-0.1, -0.05) is 13.0 Å². The Hall–Kier alpha value is -0.890. The van der Waals surface area contributed by atoms with Crippen molar-refractivity contribution in [2.24, 2.45) is 0 Å². The third-order valence-corrected chi connectivity index (χ3v) is 3.29. The number of aromatic nitrogens is 1. The van der Waals surface area contributed by atoms with Gasteiger partial charge in [-0.05, 0) is 37.3 Å². The monoisotopic (exact) mass is 205 g/mol. The average Bonchev–Trinajstić information content (AvgIpc) is 2.31. The lowest BCUT2D eigenvalue weighted by Crippen LogP contribution is -2.91. The number of hydrogen-bond donors (Lipinski definition) is 1. The smallest absolute Gasteiger partial charge is 0.0915 e. The molecular weight excluding hydrogens is 184 g/mol. The van der Waals surface area contributed by atoms with Crippen molar-refractivity contribution in [1.29, 1.82) is 0 Å². The Balaban J connectivity index is 1.91. The molecule has 0 spiro atoms. The Bertz CT molecular complexity index is 286. The van der Waals surface area contributed by atoms with Gasteiger partial charge >= 0.3 is 0 Å². The van der Waals surface area contributed by atoms with E-state index in [2.05, 4.69) is 29.4 Å². The van der Waals surface area contributed by atoms with Crippen molar-refractivity contribution in [3.8, 4) is 0 Å². The van der Waals surface area contributed by atoms with Crippen LogP contribution in [0, 0.1) is 0 Å². The molecule has 1 aliphatic rings. The van der Waals surface area contributed by atoms with E-state index in [1.165, 1.54) is 37.1 Å². The fourth-order valence-electron chi connectivity index (χ4n) is 2.26. The Labute approximate surface area is 92.1 Å². The van der Waals surface area contributed by atoms with Gasteiger partial charge in [0.25, 0.3) is 0 Å². The van der Waals surface area contributed by atoms with Gasteiger partial charge in [-0.2, -0.15) is 0 Å². The lowest BCUT2D eigenvalue weighted by Gasteiger charge is -2.19. The first-order chi connectivity index (χ1) is 7.38. The number of pyridine rings is 1. The van der Waals surface area contributed by atoms with Gasteiger partial charge < -0.3 is 5.32 Å². The van der Waals surface area contributed by atoms with Crippen LogP contribution in [0.3, 0.4) is 0 Å². The summed E-state index contributed by atoms with van der Waals surface area (Å²) in [5, 5.41) is 2.49. The fraction of sp³-hybridized carbons (Fsp3) is 0.615. The van der Waals surface area contributed by atoms with Crippen LogP contribution in [0.5, 0.6) is 0 Å². The second-order valence-electron chi connectivity index (χ2n) is 4.50. The molecule has 2 heterocycles. The number of quaternary nitrogens is 1. The van der Waals surface area contributed by atoms with E-state index in [9.17, 15) is 0 Å². The highest BCUT2D eigenvalue weighted by Gasteiger charge is 2.16. The Morgan fingerprint density at radius 3 is 2.93 bits per heavy atom. The van der Waals surface area contributed by atoms with Crippen LogP contribution in [0.25, 0.3) is 0 Å². The fourth-order valence-corrected chi connectivity index (χ4v) is 2.26. The largest absolute Gasteiger partial charge is 0.343 e. The van der Waals surface area contributed by atoms with Crippen LogP contribution in [-0.4, -0.2) is 17.6 Å². The molecule has 1 aliphatic heterocycles. The second kappa shape index (κ2) is 5.26. The Kier molecular flexibility index (Phi) is 3.73. The van der Waals surface area contributed by atoms with Crippen molar-refractivity contribution >= 4 is 0 Å². The van der Waals surface area contributed by atoms with Gasteiger partial charge in [-0.25, -0.2) is 0 Å². The third kappa shape index (κ3) is 3.03. The predicted molar refractivity (Wildman–Crippen MR) is 61.8 cm³/mol. The van der Waals surface area contributed by atoms with Crippen molar-refractivity contribution in [3.05, 3.63) is 29.6 Å². The van der Waals surface area contributed by atoms with Crippen LogP contribution in [0.15, 0.2) is 18.3 Å². The molecule has 0 radical (unpaired) electrons. The van der Waals surface area contributed by atoms with Crippen LogP contribution >= 0.6 is 0 Å². The SMILES string of the molecule is CCc1ccc(C[C@H]2CCCC[NH2+]2)nc1. The Morgan fingerprint density at radius 1 is 1.40 bits per heavy atom. The molecule has 0 unspecified atom stereocenters. The van der Waals surface area contributed by atoms with Crippen LogP contribution in [0.4, 0.5) is 0 Å². The zero-order valence-corrected chi connectivity index (χ0v) is 9.58. The van der Waals surface area contributed by atoms with Crippen LogP contribution in [0.2, 0.25) is 0 Å². The van der Waals surface area contributed by atoms with Crippen LogP contribution < -0.4 is 5.32 Å². The maximum Gasteiger partial charge on any atom is 0.0915 e. The molecule has 1 saturated heterocycles. The first kappa shape index (κ1) is 10.6. The molecule has 82 valence electrons. The molecule has 1 atom stereocenters. The number of aryl methyl sites for hydroxylation is 1. The molecule has 2 heteroatoms. The highest BCUT2D eigenvalue weighted by atomic mass is 14.9. The van der Waals surface area contributed by atoms with E-state index in [0.29, 0.717) is 0 Å². The summed E-state index contributed by atoms with van der Waals surface area (Å²) in [6, 6.07) is 5.19. The standard InChI is InChI=1S/C13H20N2/c1-2-11-6-7-13(15-10-11)9-12-5-3-4-8-14-12/h6-7,10,12,14H,2-5,8-9H2,1H3/p+1/t12-/m1/s1. The molecule has 1 aromatic rings. The molecule has 15 heavy (non-hydrogen) atoms. The number of rotatable bonds is 3. The lowest BCUT2D eigenvalue weighted by atomic mass is 10.00. The highest BCUT2D eigenvalue weighted by Crippen LogP contribution is 2.08. The normalized spacial score (nSPS) is 21.5. The summed E-state index contributed by atoms with van der Waals surface area (Å²) < 4.78 is 0. The molecule has 2 N–H and O–H groups in total. The summed E-state index contributed by atoms with van der Waals surface area (Å²) in [4.78, 5) is 4.52. The van der Waals surface area contributed by atoms with Crippen LogP contribution in [-0.2, 0) is 12.8 Å². The van der Waals surface area contributed by atoms with E-state index < -0.39 is 0 Å². The Morgan fingerprint density at radius 2 is 2.33 bits per heavy atom. The van der Waals surface area contributed by atoms with Gasteiger partial charge in [0.1, 0.15) is 0 Å². The van der Waals surface area contributed by atoms with Gasteiger partial charge in [-0.3, -0.25) is 4.98 Å². The number of piperidine rings is 1. The predicted octanol–water partition coefficient (Wildman–Crippen LogP) is 1.30. The zero-order valence-electron chi connectivity index (χ0n) is 9.58. The van der Waals surface area contributed by atoms with E-state index in [4.69, 9.17) is 0 Å². The minimum atomic E-state index is 0.777. The number of nitrogens with zero attached hydrogens (tertiary/aromatic N) is 1. The molecule has 0 aliphatic carbocycles. The molecule has 1 fully saturated rings. The maximum absolute atomic E-state index is 4.52. The first-order valence-corrected chi connectivity index (χ1v) is 6.15. The second-order valence-corrected chi connectivity index (χ2v) is 4.50. The van der Waals surface area contributed by atoms with Crippen molar-refractivity contribution in [2.45, 2.75) is 45.1 Å². The summed E-state index contributed by atoms with van der Waals surface area (Å²) in [6.07, 6.45) is 8.40. The van der Waals surface area contributed by atoms with Crippen molar-refractivity contribution < 1.29 is 5.32 Å². The summed E-state index contributed by atoms with van der Waals surface area (Å²) in [5.74, 6) is 0. The molecule has 0 saturated carbocycles. The summed E-state index contributed by atoms with van der Waals surface area (Å²) in [6.45, 7) is 3.48. The molecule has 0 aromatic carbocycles. The minimum absolute atomic E-state index is 0.777. The number of nitrogens with two attached hydrogens (primary N) is 1. The van der Waals surface area contributed by atoms with E-state index in [1.54, 1.807) is 0 Å². The summed E-state index contributed by atoms with van der Waals surface area (Å²) in [5.41, 5.74) is 2.60. The quantitative estimate of drug-likeness (QED) is 0.792. The summed E-state index contributed by atoms with van der Waals surface area (Å²) in [7, 11) is 0. The van der Waals surface area contributed by atoms with E-state index in [0.717, 1.165) is 18.9 Å². The molecule has 2 rings (SSSR count). The van der Waals surface area contributed by atoms with Crippen LogP contribution in [0.1, 0.15) is 37.4 Å². The zero-order chi connectivity index (χ0) is 10.5. The van der Waals surface area contributed by atoms with Gasteiger partial charge in [0.15, 0.2) is 0 Å². The lowest BCUT2D eigenvalue weighted by molar-refractivity contribution is -0.697. The number of hydrogen-bond acceptors (Lipinski definition) is 1. The van der Waals surface area contributed by atoms with Gasteiger partial charge in [0.2, 0.25) is 0 Å². The third-order valence-electron chi connectivity index (χ3n) is 3.29. The van der Waals surface area contributed by atoms with Gasteiger partial charge in [-0.15, -0.1) is 0 Å². The van der Waals surface area contributed by atoms with Gasteiger partial charge in [0, 0.05) is 18.3 Å². The van der Waals surface area contributed by atoms with Crippen molar-refractivity contribution in [2.75, 3.05) is 6.54 Å². The van der Waals surface area contributed by atoms with E-state index in [1.807, 2.05) is 6.20 Å². The molecule has 0 amide bonds. The minimum Gasteiger partial charge on any atom is -0.343 e. The molecule has 2 nitrogen and oxygen atoms in total. The van der Waals surface area contributed by atoms with Crippen molar-refractivity contribution in [3.63, 3.8) is 0 Å². The van der Waals surface area contributed by atoms with Gasteiger partial charge in [0.05, 0.1) is 12.6 Å². The molecule has 1 aromatic heterocycles. The molecular formula is C13H21N2+. The summed E-state index contributed by atoms with van der Waals surface area (Å²) >= 11 is 0. The van der Waals surface area contributed by atoms with E-state index >= 15 is 0 Å². The highest BCUT2D eigenvalue weighted by molar-refractivity contribution is 5.14. The van der Waals surface area contributed by atoms with E-state index in [-0.39, 0.29) is 0 Å². The topological polar surface area (TPSA) is 29.5 Å². The maximum atomic E-state index is 4.52. The first-order valence-electron chi connectivity index (χ1n) is 6.15. The van der Waals surface area contributed by atoms with Crippen molar-refractivity contribution in [1.82, 2.24) is 4.98 Å².